The van der Waals surface area contributed by atoms with Gasteiger partial charge in [-0.05, 0) is 37.1 Å². The van der Waals surface area contributed by atoms with Gasteiger partial charge in [0.15, 0.2) is 5.82 Å². The molecule has 1 aromatic heterocycles. The van der Waals surface area contributed by atoms with Gasteiger partial charge in [-0.25, -0.2) is 13.4 Å². The van der Waals surface area contributed by atoms with Gasteiger partial charge in [0.1, 0.15) is 0 Å². The monoisotopic (exact) mass is 381 g/mol. The van der Waals surface area contributed by atoms with Gasteiger partial charge in [0, 0.05) is 31.0 Å². The number of hydrogen-bond donors (Lipinski definition) is 0. The molecule has 1 aliphatic heterocycles. The number of anilines is 1. The van der Waals surface area contributed by atoms with Gasteiger partial charge in [0.25, 0.3) is 10.0 Å². The van der Waals surface area contributed by atoms with Gasteiger partial charge in [0.05, 0.1) is 10.6 Å². The number of para-hydroxylation sites is 1. The van der Waals surface area contributed by atoms with Gasteiger partial charge in [-0.1, -0.05) is 30.3 Å². The first kappa shape index (κ1) is 17.5. The van der Waals surface area contributed by atoms with Crippen LogP contribution in [0.25, 0.3) is 0 Å². The molecule has 0 radical (unpaired) electrons. The van der Waals surface area contributed by atoms with Crippen molar-refractivity contribution in [2.24, 2.45) is 7.05 Å². The van der Waals surface area contributed by atoms with Crippen LogP contribution in [0.1, 0.15) is 28.7 Å². The van der Waals surface area contributed by atoms with Crippen molar-refractivity contribution in [1.82, 2.24) is 9.55 Å². The average Bonchev–Trinajstić information content (AvgIpc) is 3.23. The van der Waals surface area contributed by atoms with Gasteiger partial charge in [-0.2, -0.15) is 0 Å². The number of hydrogen-bond acceptors (Lipinski definition) is 4. The Kier molecular flexibility index (Phi) is 4.11. The van der Waals surface area contributed by atoms with E-state index in [1.165, 1.54) is 22.6 Å². The quantitative estimate of drug-likeness (QED) is 0.652. The molecule has 1 aliphatic rings. The van der Waals surface area contributed by atoms with Crippen LogP contribution in [0.4, 0.5) is 5.69 Å². The summed E-state index contributed by atoms with van der Waals surface area (Å²) in [6.45, 7) is 1.89. The summed E-state index contributed by atoms with van der Waals surface area (Å²) in [5.74, 6) is -0.0427. The molecule has 7 heteroatoms. The summed E-state index contributed by atoms with van der Waals surface area (Å²) in [4.78, 5) is 16.9. The van der Waals surface area contributed by atoms with Crippen LogP contribution in [0, 0.1) is 0 Å². The number of rotatable bonds is 4. The van der Waals surface area contributed by atoms with Crippen LogP contribution >= 0.6 is 0 Å². The van der Waals surface area contributed by atoms with E-state index in [1.54, 1.807) is 29.9 Å². The predicted molar refractivity (Wildman–Crippen MR) is 102 cm³/mol. The molecule has 0 fully saturated rings. The van der Waals surface area contributed by atoms with Crippen LogP contribution in [0.3, 0.4) is 0 Å². The summed E-state index contributed by atoms with van der Waals surface area (Å²) in [5, 5.41) is 0. The molecule has 6 nitrogen and oxygen atoms in total. The maximum atomic E-state index is 13.3. The molecule has 0 spiro atoms. The summed E-state index contributed by atoms with van der Waals surface area (Å²) in [7, 11) is -2.06. The molecular formula is C20H19N3O3S. The summed E-state index contributed by atoms with van der Waals surface area (Å²) in [6, 6.07) is 13.5. The van der Waals surface area contributed by atoms with Crippen LogP contribution < -0.4 is 4.31 Å². The number of sulfonamides is 1. The molecule has 138 valence electrons. The lowest BCUT2D eigenvalue weighted by molar-refractivity contribution is 0.102. The predicted octanol–water partition coefficient (Wildman–Crippen LogP) is 2.79. The van der Waals surface area contributed by atoms with Crippen LogP contribution in [-0.2, 0) is 23.5 Å². The maximum Gasteiger partial charge on any atom is 0.264 e. The van der Waals surface area contributed by atoms with E-state index in [1.807, 2.05) is 31.2 Å². The largest absolute Gasteiger partial charge is 0.331 e. The van der Waals surface area contributed by atoms with Crippen molar-refractivity contribution in [3.63, 3.8) is 0 Å². The first-order valence-electron chi connectivity index (χ1n) is 8.64. The summed E-state index contributed by atoms with van der Waals surface area (Å²) < 4.78 is 29.7. The number of carbonyl (C=O) groups is 1. The van der Waals surface area contributed by atoms with E-state index >= 15 is 0 Å². The van der Waals surface area contributed by atoms with Gasteiger partial charge < -0.3 is 4.57 Å². The molecule has 3 aromatic rings. The Bertz CT molecular complexity index is 1130. The minimum absolute atomic E-state index is 0.103. The third kappa shape index (κ3) is 2.84. The highest BCUT2D eigenvalue weighted by Crippen LogP contribution is 2.36. The first-order valence-corrected chi connectivity index (χ1v) is 10.1. The number of imidazole rings is 1. The van der Waals surface area contributed by atoms with Crippen molar-refractivity contribution >= 4 is 21.5 Å². The number of aromatic nitrogens is 2. The second-order valence-corrected chi connectivity index (χ2v) is 8.52. The molecule has 2 aromatic carbocycles. The molecule has 4 rings (SSSR count). The van der Waals surface area contributed by atoms with E-state index in [4.69, 9.17) is 0 Å². The number of aryl methyl sites for hydroxylation is 1. The molecule has 0 unspecified atom stereocenters. The number of fused-ring (bicyclic) bond motifs is 1. The Labute approximate surface area is 158 Å². The number of benzene rings is 2. The van der Waals surface area contributed by atoms with Crippen molar-refractivity contribution < 1.29 is 13.2 Å². The summed E-state index contributed by atoms with van der Waals surface area (Å²) >= 11 is 0. The van der Waals surface area contributed by atoms with Gasteiger partial charge in [0.2, 0.25) is 5.78 Å². The molecule has 1 atom stereocenters. The Balaban J connectivity index is 1.76. The maximum absolute atomic E-state index is 13.3. The fourth-order valence-electron chi connectivity index (χ4n) is 3.53. The SMILES string of the molecule is C[C@H]1Cc2ccccc2N1S(=O)(=O)c1cccc(C(=O)c2nccn2C)c1. The highest BCUT2D eigenvalue weighted by Gasteiger charge is 2.36. The Morgan fingerprint density at radius 1 is 1.15 bits per heavy atom. The zero-order valence-corrected chi connectivity index (χ0v) is 15.8. The average molecular weight is 381 g/mol. The smallest absolute Gasteiger partial charge is 0.264 e. The minimum atomic E-state index is -3.78. The van der Waals surface area contributed by atoms with E-state index in [0.29, 0.717) is 17.7 Å². The highest BCUT2D eigenvalue weighted by molar-refractivity contribution is 7.92. The van der Waals surface area contributed by atoms with Crippen molar-refractivity contribution in [1.29, 1.82) is 0 Å². The molecule has 0 saturated carbocycles. The molecule has 0 saturated heterocycles. The standard InChI is InChI=1S/C20H19N3O3S/c1-14-12-15-6-3-4-9-18(15)23(14)27(25,26)17-8-5-7-16(13-17)19(24)20-21-10-11-22(20)2/h3-11,13-14H,12H2,1-2H3/t14-/m0/s1. The minimum Gasteiger partial charge on any atom is -0.331 e. The van der Waals surface area contributed by atoms with E-state index in [0.717, 1.165) is 5.56 Å². The molecule has 0 bridgehead atoms. The lowest BCUT2D eigenvalue weighted by atomic mass is 10.1. The van der Waals surface area contributed by atoms with E-state index in [9.17, 15) is 13.2 Å². The van der Waals surface area contributed by atoms with Gasteiger partial charge >= 0.3 is 0 Å². The van der Waals surface area contributed by atoms with Crippen molar-refractivity contribution in [2.75, 3.05) is 4.31 Å². The first-order chi connectivity index (χ1) is 12.9. The number of carbonyl (C=O) groups excluding carboxylic acids is 1. The molecule has 0 amide bonds. The fraction of sp³-hybridized carbons (Fsp3) is 0.200. The Morgan fingerprint density at radius 3 is 2.67 bits per heavy atom. The Morgan fingerprint density at radius 2 is 1.93 bits per heavy atom. The van der Waals surface area contributed by atoms with Crippen LogP contribution in [0.15, 0.2) is 65.8 Å². The number of nitrogens with zero attached hydrogens (tertiary/aromatic N) is 3. The normalized spacial score (nSPS) is 16.4. The molecule has 0 N–H and O–H groups in total. The van der Waals surface area contributed by atoms with Crippen LogP contribution in [0.2, 0.25) is 0 Å². The fourth-order valence-corrected chi connectivity index (χ4v) is 5.27. The van der Waals surface area contributed by atoms with Gasteiger partial charge in [-0.3, -0.25) is 9.10 Å². The van der Waals surface area contributed by atoms with Crippen molar-refractivity contribution in [2.45, 2.75) is 24.3 Å². The zero-order chi connectivity index (χ0) is 19.2. The molecule has 27 heavy (non-hydrogen) atoms. The van der Waals surface area contributed by atoms with Crippen molar-refractivity contribution in [3.8, 4) is 0 Å². The number of ketones is 1. The second kappa shape index (κ2) is 6.35. The van der Waals surface area contributed by atoms with E-state index < -0.39 is 10.0 Å². The molecule has 2 heterocycles. The van der Waals surface area contributed by atoms with E-state index in [2.05, 4.69) is 4.98 Å². The third-order valence-corrected chi connectivity index (χ3v) is 6.75. The van der Waals surface area contributed by atoms with Gasteiger partial charge in [-0.15, -0.1) is 0 Å². The van der Waals surface area contributed by atoms with Crippen LogP contribution in [0.5, 0.6) is 0 Å². The summed E-state index contributed by atoms with van der Waals surface area (Å²) in [6.07, 6.45) is 3.88. The zero-order valence-electron chi connectivity index (χ0n) is 15.0. The third-order valence-electron chi connectivity index (χ3n) is 4.82. The second-order valence-electron chi connectivity index (χ2n) is 6.70. The highest BCUT2D eigenvalue weighted by atomic mass is 32.2. The van der Waals surface area contributed by atoms with Crippen molar-refractivity contribution in [3.05, 3.63) is 77.9 Å². The molecular weight excluding hydrogens is 362 g/mol. The lowest BCUT2D eigenvalue weighted by Gasteiger charge is -2.24. The molecule has 0 aliphatic carbocycles. The topological polar surface area (TPSA) is 72.3 Å². The Hall–Kier alpha value is -2.93. The van der Waals surface area contributed by atoms with Crippen LogP contribution in [-0.4, -0.2) is 29.8 Å². The lowest BCUT2D eigenvalue weighted by Crippen LogP contribution is -2.35. The van der Waals surface area contributed by atoms with E-state index in [-0.39, 0.29) is 22.5 Å². The summed E-state index contributed by atoms with van der Waals surface area (Å²) in [5.41, 5.74) is 2.00.